The van der Waals surface area contributed by atoms with Gasteiger partial charge in [-0.3, -0.25) is 14.6 Å². The van der Waals surface area contributed by atoms with Crippen molar-refractivity contribution in [3.05, 3.63) is 95.1 Å². The second-order valence-corrected chi connectivity index (χ2v) is 7.41. The Hall–Kier alpha value is -4.20. The summed E-state index contributed by atoms with van der Waals surface area (Å²) in [6, 6.07) is 12.9. The van der Waals surface area contributed by atoms with Crippen LogP contribution in [0.15, 0.2) is 72.6 Å². The van der Waals surface area contributed by atoms with Crippen molar-refractivity contribution >= 4 is 17.4 Å². The maximum absolute atomic E-state index is 13.4. The number of carbonyl (C=O) groups excluding carboxylic acids is 2. The molecule has 1 aliphatic heterocycles. The lowest BCUT2D eigenvalue weighted by atomic mass is 9.95. The van der Waals surface area contributed by atoms with E-state index < -0.39 is 23.5 Å². The van der Waals surface area contributed by atoms with Crippen LogP contribution >= 0.6 is 0 Å². The number of amides is 1. The van der Waals surface area contributed by atoms with Gasteiger partial charge in [0.05, 0.1) is 31.4 Å². The number of aliphatic hydroxyl groups is 1. The number of hydrogen-bond acceptors (Lipinski definition) is 6. The smallest absolute Gasteiger partial charge is 0.295 e. The summed E-state index contributed by atoms with van der Waals surface area (Å²) < 4.78 is 23.9. The first-order chi connectivity index (χ1) is 15.9. The minimum Gasteiger partial charge on any atom is -0.507 e. The van der Waals surface area contributed by atoms with Crippen LogP contribution in [-0.2, 0) is 16.1 Å². The van der Waals surface area contributed by atoms with Crippen molar-refractivity contribution in [2.45, 2.75) is 12.6 Å². The fraction of sp³-hybridized carbons (Fsp3) is 0.160. The van der Waals surface area contributed by atoms with E-state index in [0.29, 0.717) is 16.9 Å². The molecular weight excluding hydrogens is 427 g/mol. The maximum atomic E-state index is 13.4. The normalized spacial score (nSPS) is 17.3. The lowest BCUT2D eigenvalue weighted by Gasteiger charge is -2.25. The zero-order valence-corrected chi connectivity index (χ0v) is 18.0. The molecule has 1 atom stereocenters. The first-order valence-corrected chi connectivity index (χ1v) is 10.1. The van der Waals surface area contributed by atoms with Gasteiger partial charge in [0, 0.05) is 25.0 Å². The van der Waals surface area contributed by atoms with Crippen LogP contribution < -0.4 is 9.47 Å². The zero-order valence-electron chi connectivity index (χ0n) is 18.0. The summed E-state index contributed by atoms with van der Waals surface area (Å²) >= 11 is 0. The number of nitrogens with zero attached hydrogens (tertiary/aromatic N) is 2. The minimum atomic E-state index is -0.893. The number of carbonyl (C=O) groups is 2. The number of halogens is 1. The molecule has 0 radical (unpaired) electrons. The SMILES string of the molecule is COc1ccc(/C(O)=C2/C(=O)C(=O)N(Cc3ccc(F)cc3)C2c2cccnc2)c(OC)c1. The highest BCUT2D eigenvalue weighted by atomic mass is 19.1. The largest absolute Gasteiger partial charge is 0.507 e. The fourth-order valence-electron chi connectivity index (χ4n) is 3.85. The van der Waals surface area contributed by atoms with E-state index in [0.717, 1.165) is 0 Å². The van der Waals surface area contributed by atoms with E-state index >= 15 is 0 Å². The van der Waals surface area contributed by atoms with Crippen LogP contribution in [0.5, 0.6) is 11.5 Å². The van der Waals surface area contributed by atoms with Crippen molar-refractivity contribution in [1.29, 1.82) is 0 Å². The van der Waals surface area contributed by atoms with Crippen molar-refractivity contribution in [3.63, 3.8) is 0 Å². The summed E-state index contributed by atoms with van der Waals surface area (Å²) in [6.07, 6.45) is 3.11. The third-order valence-corrected chi connectivity index (χ3v) is 5.47. The number of Topliss-reactive ketones (excluding diaryl/α,β-unsaturated/α-hetero) is 1. The fourth-order valence-corrected chi connectivity index (χ4v) is 3.85. The topological polar surface area (TPSA) is 89.0 Å². The van der Waals surface area contributed by atoms with Crippen LogP contribution in [0.4, 0.5) is 4.39 Å². The summed E-state index contributed by atoms with van der Waals surface area (Å²) in [5.41, 5.74) is 1.34. The molecule has 1 aliphatic rings. The Kier molecular flexibility index (Phi) is 6.08. The number of methoxy groups -OCH3 is 2. The molecule has 1 fully saturated rings. The number of rotatable bonds is 6. The Morgan fingerprint density at radius 3 is 2.48 bits per heavy atom. The Balaban J connectivity index is 1.86. The monoisotopic (exact) mass is 448 g/mol. The van der Waals surface area contributed by atoms with Gasteiger partial charge in [-0.2, -0.15) is 0 Å². The second kappa shape index (κ2) is 9.12. The van der Waals surface area contributed by atoms with E-state index in [9.17, 15) is 19.1 Å². The van der Waals surface area contributed by atoms with E-state index in [2.05, 4.69) is 4.98 Å². The Bertz CT molecular complexity index is 1230. The molecule has 3 aromatic rings. The van der Waals surface area contributed by atoms with Crippen molar-refractivity contribution < 1.29 is 28.6 Å². The van der Waals surface area contributed by atoms with Crippen LogP contribution in [0.25, 0.3) is 5.76 Å². The van der Waals surface area contributed by atoms with Crippen molar-refractivity contribution in [3.8, 4) is 11.5 Å². The van der Waals surface area contributed by atoms with Gasteiger partial charge in [-0.25, -0.2) is 4.39 Å². The van der Waals surface area contributed by atoms with Crippen LogP contribution in [0, 0.1) is 5.82 Å². The molecule has 0 bridgehead atoms. The van der Waals surface area contributed by atoms with Gasteiger partial charge >= 0.3 is 0 Å². The number of ether oxygens (including phenoxy) is 2. The number of hydrogen-bond donors (Lipinski definition) is 1. The summed E-state index contributed by atoms with van der Waals surface area (Å²) in [4.78, 5) is 31.6. The molecule has 0 aliphatic carbocycles. The van der Waals surface area contributed by atoms with Crippen molar-refractivity contribution in [2.75, 3.05) is 14.2 Å². The van der Waals surface area contributed by atoms with Crippen LogP contribution in [0.1, 0.15) is 22.7 Å². The van der Waals surface area contributed by atoms with Crippen molar-refractivity contribution in [1.82, 2.24) is 9.88 Å². The van der Waals surface area contributed by atoms with Gasteiger partial charge in [0.15, 0.2) is 0 Å². The highest BCUT2D eigenvalue weighted by Gasteiger charge is 2.46. The molecule has 33 heavy (non-hydrogen) atoms. The molecule has 2 heterocycles. The molecule has 1 unspecified atom stereocenters. The summed E-state index contributed by atoms with van der Waals surface area (Å²) in [5.74, 6) is -1.60. The third kappa shape index (κ3) is 4.15. The number of ketones is 1. The van der Waals surface area contributed by atoms with Crippen LogP contribution in [0.2, 0.25) is 0 Å². The maximum Gasteiger partial charge on any atom is 0.295 e. The molecular formula is C25H21FN2O5. The highest BCUT2D eigenvalue weighted by molar-refractivity contribution is 6.46. The van der Waals surface area contributed by atoms with E-state index in [1.807, 2.05) is 0 Å². The predicted molar refractivity (Wildman–Crippen MR) is 118 cm³/mol. The quantitative estimate of drug-likeness (QED) is 0.350. The van der Waals surface area contributed by atoms with Gasteiger partial charge in [0.1, 0.15) is 23.1 Å². The molecule has 1 N–H and O–H groups in total. The van der Waals surface area contributed by atoms with E-state index in [-0.39, 0.29) is 29.2 Å². The third-order valence-electron chi connectivity index (χ3n) is 5.47. The minimum absolute atomic E-state index is 0.0426. The molecule has 168 valence electrons. The number of aliphatic hydroxyl groups excluding tert-OH is 1. The average Bonchev–Trinajstić information content (AvgIpc) is 3.10. The summed E-state index contributed by atoms with van der Waals surface area (Å²) in [5, 5.41) is 11.2. The first kappa shape index (κ1) is 22.0. The predicted octanol–water partition coefficient (Wildman–Crippen LogP) is 3.86. The van der Waals surface area contributed by atoms with Gasteiger partial charge in [-0.1, -0.05) is 18.2 Å². The van der Waals surface area contributed by atoms with Gasteiger partial charge in [-0.15, -0.1) is 0 Å². The van der Waals surface area contributed by atoms with Crippen LogP contribution in [0.3, 0.4) is 0 Å². The van der Waals surface area contributed by atoms with Crippen LogP contribution in [-0.4, -0.2) is 40.9 Å². The molecule has 2 aromatic carbocycles. The number of likely N-dealkylation sites (tertiary alicyclic amines) is 1. The van der Waals surface area contributed by atoms with Gasteiger partial charge < -0.3 is 19.5 Å². The van der Waals surface area contributed by atoms with Gasteiger partial charge in [0.25, 0.3) is 11.7 Å². The second-order valence-electron chi connectivity index (χ2n) is 7.41. The number of benzene rings is 2. The molecule has 0 saturated carbocycles. The average molecular weight is 448 g/mol. The Morgan fingerprint density at radius 1 is 1.09 bits per heavy atom. The summed E-state index contributed by atoms with van der Waals surface area (Å²) in [6.45, 7) is 0.0426. The van der Waals surface area contributed by atoms with E-state index in [1.165, 1.54) is 37.4 Å². The standard InChI is InChI=1S/C25H21FN2O5/c1-32-18-9-10-19(20(12-18)33-2)23(29)21-22(16-4-3-11-27-13-16)28(25(31)24(21)30)14-15-5-7-17(26)8-6-15/h3-13,22,29H,14H2,1-2H3/b23-21-. The van der Waals surface area contributed by atoms with Crippen molar-refractivity contribution in [2.24, 2.45) is 0 Å². The number of pyridine rings is 1. The first-order valence-electron chi connectivity index (χ1n) is 10.1. The lowest BCUT2D eigenvalue weighted by Crippen LogP contribution is -2.29. The van der Waals surface area contributed by atoms with Gasteiger partial charge in [0.2, 0.25) is 0 Å². The lowest BCUT2D eigenvalue weighted by molar-refractivity contribution is -0.140. The Morgan fingerprint density at radius 2 is 1.85 bits per heavy atom. The van der Waals surface area contributed by atoms with Gasteiger partial charge in [-0.05, 0) is 41.5 Å². The molecule has 1 saturated heterocycles. The summed E-state index contributed by atoms with van der Waals surface area (Å²) in [7, 11) is 2.93. The highest BCUT2D eigenvalue weighted by Crippen LogP contribution is 2.42. The molecule has 1 amide bonds. The Labute approximate surface area is 189 Å². The molecule has 7 nitrogen and oxygen atoms in total. The molecule has 4 rings (SSSR count). The number of aromatic nitrogens is 1. The molecule has 0 spiro atoms. The zero-order chi connectivity index (χ0) is 23.5. The molecule has 8 heteroatoms. The van der Waals surface area contributed by atoms with E-state index in [1.54, 1.807) is 48.7 Å². The molecule has 1 aromatic heterocycles. The van der Waals surface area contributed by atoms with E-state index in [4.69, 9.17) is 9.47 Å².